The van der Waals surface area contributed by atoms with Gasteiger partial charge in [0.05, 0.1) is 24.8 Å². The van der Waals surface area contributed by atoms with Crippen LogP contribution in [0.5, 0.6) is 0 Å². The van der Waals surface area contributed by atoms with Gasteiger partial charge in [-0.3, -0.25) is 9.59 Å². The van der Waals surface area contributed by atoms with Crippen molar-refractivity contribution >= 4 is 12.3 Å². The van der Waals surface area contributed by atoms with Crippen molar-refractivity contribution in [2.45, 2.75) is 71.6 Å². The molecule has 0 saturated heterocycles. The fourth-order valence-electron chi connectivity index (χ4n) is 4.31. The van der Waals surface area contributed by atoms with E-state index in [2.05, 4.69) is 38.3 Å². The smallest absolute Gasteiger partial charge is 0.236 e. The van der Waals surface area contributed by atoms with Gasteiger partial charge in [0.25, 0.3) is 0 Å². The van der Waals surface area contributed by atoms with Gasteiger partial charge in [-0.15, -0.1) is 0 Å². The fraction of sp³-hybridized carbons (Fsp3) is 0.909. The second-order valence-electron chi connectivity index (χ2n) is 8.34. The minimum absolute atomic E-state index is 0.00822. The molecule has 0 aromatic carbocycles. The van der Waals surface area contributed by atoms with E-state index in [4.69, 9.17) is 9.47 Å². The molecule has 29 heavy (non-hydrogen) atoms. The van der Waals surface area contributed by atoms with Gasteiger partial charge in [-0.05, 0) is 44.1 Å². The van der Waals surface area contributed by atoms with Gasteiger partial charge in [-0.1, -0.05) is 34.1 Å². The molecule has 2 N–H and O–H groups in total. The zero-order chi connectivity index (χ0) is 22.4. The lowest BCUT2D eigenvalue weighted by molar-refractivity contribution is -0.136. The number of likely N-dealkylation sites (N-methyl/N-ethyl adjacent to an activating group) is 2. The number of nitrogens with one attached hydrogen (secondary N) is 2. The van der Waals surface area contributed by atoms with Crippen LogP contribution in [0.2, 0.25) is 0 Å². The van der Waals surface area contributed by atoms with Gasteiger partial charge < -0.3 is 25.0 Å². The number of rotatable bonds is 17. The van der Waals surface area contributed by atoms with Crippen molar-refractivity contribution in [3.8, 4) is 0 Å². The Labute approximate surface area is 178 Å². The zero-order valence-electron chi connectivity index (χ0n) is 19.9. The number of ether oxygens (including phenoxy) is 2. The molecule has 0 aliphatic heterocycles. The Balaban J connectivity index is 5.58. The van der Waals surface area contributed by atoms with E-state index in [1.54, 1.807) is 21.3 Å². The molecule has 0 aromatic rings. The van der Waals surface area contributed by atoms with Crippen LogP contribution in [-0.2, 0) is 19.1 Å². The molecule has 0 aromatic heterocycles. The molecular weight excluding hydrogens is 370 g/mol. The first-order chi connectivity index (χ1) is 13.8. The van der Waals surface area contributed by atoms with Crippen LogP contribution in [0.15, 0.2) is 0 Å². The highest BCUT2D eigenvalue weighted by molar-refractivity contribution is 5.78. The van der Waals surface area contributed by atoms with E-state index in [1.165, 1.54) is 0 Å². The Hall–Kier alpha value is -1.18. The topological polar surface area (TPSA) is 79.9 Å². The average molecular weight is 416 g/mol. The third kappa shape index (κ3) is 9.45. The number of nitrogens with zero attached hydrogens (tertiary/aromatic N) is 1. The normalized spacial score (nSPS) is 16.7. The van der Waals surface area contributed by atoms with Crippen molar-refractivity contribution in [3.63, 3.8) is 0 Å². The van der Waals surface area contributed by atoms with Crippen molar-refractivity contribution in [1.82, 2.24) is 15.5 Å². The largest absolute Gasteiger partial charge is 0.381 e. The molecule has 0 rings (SSSR count). The predicted molar refractivity (Wildman–Crippen MR) is 118 cm³/mol. The van der Waals surface area contributed by atoms with Crippen molar-refractivity contribution < 1.29 is 19.1 Å². The van der Waals surface area contributed by atoms with Crippen LogP contribution in [0.4, 0.5) is 0 Å². The Morgan fingerprint density at radius 3 is 2.28 bits per heavy atom. The molecular formula is C22H45N3O4. The highest BCUT2D eigenvalue weighted by Gasteiger charge is 2.36. The van der Waals surface area contributed by atoms with Gasteiger partial charge in [-0.2, -0.15) is 0 Å². The molecule has 7 heteroatoms. The van der Waals surface area contributed by atoms with E-state index < -0.39 is 0 Å². The number of carbonyl (C=O) groups excluding carboxylic acids is 2. The monoisotopic (exact) mass is 415 g/mol. The lowest BCUT2D eigenvalue weighted by Gasteiger charge is -2.40. The van der Waals surface area contributed by atoms with Crippen LogP contribution in [0.3, 0.4) is 0 Å². The van der Waals surface area contributed by atoms with Crippen LogP contribution in [0.25, 0.3) is 0 Å². The molecule has 0 bridgehead atoms. The Kier molecular flexibility index (Phi) is 15.0. The van der Waals surface area contributed by atoms with Crippen LogP contribution in [0, 0.1) is 17.8 Å². The number of methoxy groups -OCH3 is 2. The van der Waals surface area contributed by atoms with Gasteiger partial charge in [0, 0.05) is 27.8 Å². The lowest BCUT2D eigenvalue weighted by atomic mass is 9.81. The van der Waals surface area contributed by atoms with Crippen LogP contribution >= 0.6 is 0 Å². The molecule has 5 atom stereocenters. The molecule has 0 spiro atoms. The average Bonchev–Trinajstić information content (AvgIpc) is 2.69. The van der Waals surface area contributed by atoms with Crippen LogP contribution in [-0.4, -0.2) is 76.9 Å². The van der Waals surface area contributed by atoms with Crippen molar-refractivity contribution in [2.75, 3.05) is 41.4 Å². The first kappa shape index (κ1) is 27.8. The number of hydrogen-bond donors (Lipinski definition) is 2. The quantitative estimate of drug-likeness (QED) is 0.281. The summed E-state index contributed by atoms with van der Waals surface area (Å²) in [5.41, 5.74) is 0. The van der Waals surface area contributed by atoms with Gasteiger partial charge in [0.2, 0.25) is 12.3 Å². The molecule has 0 fully saturated rings. The van der Waals surface area contributed by atoms with Crippen molar-refractivity contribution in [2.24, 2.45) is 17.8 Å². The van der Waals surface area contributed by atoms with E-state index in [0.717, 1.165) is 32.1 Å². The maximum Gasteiger partial charge on any atom is 0.236 e. The summed E-state index contributed by atoms with van der Waals surface area (Å²) in [4.78, 5) is 25.0. The molecule has 0 saturated carbocycles. The molecule has 0 aliphatic carbocycles. The number of amides is 2. The van der Waals surface area contributed by atoms with E-state index in [0.29, 0.717) is 24.9 Å². The molecule has 5 unspecified atom stereocenters. The maximum atomic E-state index is 12.6. The first-order valence-corrected chi connectivity index (χ1v) is 10.9. The van der Waals surface area contributed by atoms with Crippen LogP contribution < -0.4 is 10.6 Å². The molecule has 2 amide bonds. The molecule has 7 nitrogen and oxygen atoms in total. The van der Waals surface area contributed by atoms with Gasteiger partial charge in [-0.25, -0.2) is 0 Å². The van der Waals surface area contributed by atoms with Gasteiger partial charge in [0.1, 0.15) is 0 Å². The first-order valence-electron chi connectivity index (χ1n) is 10.9. The fourth-order valence-corrected chi connectivity index (χ4v) is 4.31. The third-order valence-electron chi connectivity index (χ3n) is 5.99. The molecule has 0 heterocycles. The Morgan fingerprint density at radius 2 is 1.83 bits per heavy atom. The third-order valence-corrected chi connectivity index (χ3v) is 5.99. The summed E-state index contributed by atoms with van der Waals surface area (Å²) in [7, 11) is 7.16. The minimum atomic E-state index is -0.0869. The van der Waals surface area contributed by atoms with Gasteiger partial charge >= 0.3 is 0 Å². The minimum Gasteiger partial charge on any atom is -0.381 e. The summed E-state index contributed by atoms with van der Waals surface area (Å²) in [6, 6.07) is -0.00822. The van der Waals surface area contributed by atoms with E-state index in [-0.39, 0.29) is 30.1 Å². The van der Waals surface area contributed by atoms with Crippen LogP contribution in [0.1, 0.15) is 53.4 Å². The van der Waals surface area contributed by atoms with E-state index >= 15 is 0 Å². The van der Waals surface area contributed by atoms with Crippen molar-refractivity contribution in [3.05, 3.63) is 0 Å². The van der Waals surface area contributed by atoms with Gasteiger partial charge in [0.15, 0.2) is 0 Å². The highest BCUT2D eigenvalue weighted by atomic mass is 16.5. The lowest BCUT2D eigenvalue weighted by Crippen LogP contribution is -2.52. The maximum absolute atomic E-state index is 12.6. The zero-order valence-corrected chi connectivity index (χ0v) is 19.9. The highest BCUT2D eigenvalue weighted by Crippen LogP contribution is 2.30. The summed E-state index contributed by atoms with van der Waals surface area (Å²) in [5.74, 6) is 1.02. The summed E-state index contributed by atoms with van der Waals surface area (Å²) in [5, 5.41) is 5.69. The summed E-state index contributed by atoms with van der Waals surface area (Å²) < 4.78 is 11.8. The standard InChI is InChI=1S/C22H45N3O4/c1-9-17(4)21(25(6)20(27)14-23-5)19(28-7)13-18(11-10-12-24-15-26)22(29-8)16(2)3/h15-19,21-23H,9-14H2,1-8H3,(H,24,26). The van der Waals surface area contributed by atoms with Crippen molar-refractivity contribution in [1.29, 1.82) is 0 Å². The Morgan fingerprint density at radius 1 is 1.17 bits per heavy atom. The molecule has 0 aliphatic rings. The summed E-state index contributed by atoms with van der Waals surface area (Å²) >= 11 is 0. The molecule has 0 radical (unpaired) electrons. The summed E-state index contributed by atoms with van der Waals surface area (Å²) in [6.45, 7) is 9.63. The summed E-state index contributed by atoms with van der Waals surface area (Å²) in [6.07, 6.45) is 4.34. The predicted octanol–water partition coefficient (Wildman–Crippen LogP) is 2.30. The van der Waals surface area contributed by atoms with E-state index in [1.807, 2.05) is 11.9 Å². The number of carbonyl (C=O) groups is 2. The second-order valence-corrected chi connectivity index (χ2v) is 8.34. The molecule has 172 valence electrons. The van der Waals surface area contributed by atoms with E-state index in [9.17, 15) is 9.59 Å². The Bertz CT molecular complexity index is 448. The number of hydrogen-bond acceptors (Lipinski definition) is 5. The SMILES string of the molecule is CCC(C)C(C(CC(CCCNC=O)C(OC)C(C)C)OC)N(C)C(=O)CNC. The second kappa shape index (κ2) is 15.6.